The molecule has 3 rings (SSSR count). The molecule has 0 spiro atoms. The van der Waals surface area contributed by atoms with Crippen LogP contribution in [0.3, 0.4) is 0 Å². The number of hydrogen-bond donors (Lipinski definition) is 0. The highest BCUT2D eigenvalue weighted by molar-refractivity contribution is 6.07. The molecule has 4 heteroatoms. The molecule has 4 nitrogen and oxygen atoms in total. The molecule has 21 heavy (non-hydrogen) atoms. The highest BCUT2D eigenvalue weighted by atomic mass is 16.5. The number of Topliss-reactive ketones (excluding diaryl/α,β-unsaturated/α-hetero) is 1. The van der Waals surface area contributed by atoms with E-state index in [1.54, 1.807) is 31.4 Å². The van der Waals surface area contributed by atoms with Gasteiger partial charge in [-0.25, -0.2) is 4.79 Å². The van der Waals surface area contributed by atoms with E-state index in [2.05, 4.69) is 0 Å². The van der Waals surface area contributed by atoms with Gasteiger partial charge in [-0.2, -0.15) is 0 Å². The van der Waals surface area contributed by atoms with Crippen molar-refractivity contribution in [1.82, 2.24) is 0 Å². The van der Waals surface area contributed by atoms with Crippen LogP contribution in [-0.2, 0) is 0 Å². The number of benzene rings is 2. The van der Waals surface area contributed by atoms with Crippen LogP contribution < -0.4 is 10.4 Å². The third-order valence-corrected chi connectivity index (χ3v) is 3.64. The molecule has 0 aliphatic heterocycles. The van der Waals surface area contributed by atoms with Crippen molar-refractivity contribution in [3.63, 3.8) is 0 Å². The maximum Gasteiger partial charge on any atom is 0.344 e. The Morgan fingerprint density at radius 3 is 2.52 bits per heavy atom. The highest BCUT2D eigenvalue weighted by Crippen LogP contribution is 2.29. The lowest BCUT2D eigenvalue weighted by molar-refractivity contribution is 0.101. The average molecular weight is 282 g/mol. The summed E-state index contributed by atoms with van der Waals surface area (Å²) in [4.78, 5) is 23.6. The van der Waals surface area contributed by atoms with Crippen LogP contribution in [0.1, 0.15) is 22.8 Å². The summed E-state index contributed by atoms with van der Waals surface area (Å²) in [5.74, 6) is 0.590. The van der Waals surface area contributed by atoms with Crippen molar-refractivity contribution in [3.05, 3.63) is 51.9 Å². The van der Waals surface area contributed by atoms with Crippen molar-refractivity contribution >= 4 is 27.5 Å². The lowest BCUT2D eigenvalue weighted by Crippen LogP contribution is -2.02. The van der Waals surface area contributed by atoms with Crippen molar-refractivity contribution in [1.29, 1.82) is 0 Å². The Kier molecular flexibility index (Phi) is 3.01. The fourth-order valence-electron chi connectivity index (χ4n) is 2.51. The number of methoxy groups -OCH3 is 1. The van der Waals surface area contributed by atoms with Crippen LogP contribution in [-0.4, -0.2) is 12.9 Å². The molecule has 2 aromatic carbocycles. The minimum Gasteiger partial charge on any atom is -0.496 e. The van der Waals surface area contributed by atoms with Crippen LogP contribution in [0.25, 0.3) is 21.7 Å². The van der Waals surface area contributed by atoms with Gasteiger partial charge in [-0.15, -0.1) is 0 Å². The van der Waals surface area contributed by atoms with Gasteiger partial charge in [0.1, 0.15) is 11.3 Å². The molecule has 0 N–H and O–H groups in total. The number of fused-ring (bicyclic) bond motifs is 3. The quantitative estimate of drug-likeness (QED) is 0.410. The van der Waals surface area contributed by atoms with E-state index >= 15 is 0 Å². The van der Waals surface area contributed by atoms with E-state index in [4.69, 9.17) is 9.15 Å². The molecule has 0 amide bonds. The first-order chi connectivity index (χ1) is 10.0. The molecule has 1 aromatic heterocycles. The second kappa shape index (κ2) is 4.74. The van der Waals surface area contributed by atoms with Gasteiger partial charge in [0.05, 0.1) is 12.5 Å². The fraction of sp³-hybridized carbons (Fsp3) is 0.176. The largest absolute Gasteiger partial charge is 0.496 e. The van der Waals surface area contributed by atoms with Crippen LogP contribution >= 0.6 is 0 Å². The summed E-state index contributed by atoms with van der Waals surface area (Å²) in [6.45, 7) is 3.40. The topological polar surface area (TPSA) is 56.5 Å². The third kappa shape index (κ3) is 2.09. The Morgan fingerprint density at radius 1 is 1.10 bits per heavy atom. The molecule has 0 atom stereocenters. The molecule has 0 saturated carbocycles. The van der Waals surface area contributed by atoms with Gasteiger partial charge in [0.15, 0.2) is 5.78 Å². The highest BCUT2D eigenvalue weighted by Gasteiger charge is 2.12. The number of carbonyl (C=O) groups excluding carboxylic acids is 1. The van der Waals surface area contributed by atoms with E-state index in [-0.39, 0.29) is 5.78 Å². The molecule has 0 unspecified atom stereocenters. The zero-order valence-electron chi connectivity index (χ0n) is 12.0. The maximum atomic E-state index is 12.1. The maximum absolute atomic E-state index is 12.1. The molecule has 0 radical (unpaired) electrons. The van der Waals surface area contributed by atoms with E-state index in [1.807, 2.05) is 13.0 Å². The smallest absolute Gasteiger partial charge is 0.344 e. The Bertz CT molecular complexity index is 935. The van der Waals surface area contributed by atoms with Gasteiger partial charge >= 0.3 is 5.63 Å². The minimum absolute atomic E-state index is 0.0812. The molecule has 0 aliphatic rings. The van der Waals surface area contributed by atoms with Crippen molar-refractivity contribution in [2.24, 2.45) is 0 Å². The molecule has 0 aliphatic carbocycles. The third-order valence-electron chi connectivity index (χ3n) is 3.64. The van der Waals surface area contributed by atoms with E-state index < -0.39 is 5.63 Å². The number of ketones is 1. The zero-order valence-corrected chi connectivity index (χ0v) is 12.0. The van der Waals surface area contributed by atoms with Crippen LogP contribution in [0.5, 0.6) is 5.75 Å². The van der Waals surface area contributed by atoms with Crippen LogP contribution in [0.4, 0.5) is 0 Å². The van der Waals surface area contributed by atoms with Gasteiger partial charge in [0, 0.05) is 17.0 Å². The molecule has 0 saturated heterocycles. The summed E-state index contributed by atoms with van der Waals surface area (Å²) in [6, 6.07) is 8.74. The average Bonchev–Trinajstić information content (AvgIpc) is 2.47. The zero-order chi connectivity index (χ0) is 15.1. The van der Waals surface area contributed by atoms with E-state index in [0.29, 0.717) is 22.3 Å². The van der Waals surface area contributed by atoms with Gasteiger partial charge < -0.3 is 9.15 Å². The van der Waals surface area contributed by atoms with E-state index in [1.165, 1.54) is 6.92 Å². The van der Waals surface area contributed by atoms with Crippen LogP contribution in [0.2, 0.25) is 0 Å². The summed E-state index contributed by atoms with van der Waals surface area (Å²) in [5.41, 5.74) is 1.48. The Hall–Kier alpha value is -2.62. The number of rotatable bonds is 2. The molecule has 3 aromatic rings. The molecule has 0 bridgehead atoms. The monoisotopic (exact) mass is 282 g/mol. The number of carbonyl (C=O) groups is 1. The SMILES string of the molecule is COc1cc2oc(=O)c3cc(C(C)=O)ccc3c2cc1C. The number of hydrogen-bond acceptors (Lipinski definition) is 4. The first-order valence-electron chi connectivity index (χ1n) is 6.57. The first kappa shape index (κ1) is 13.4. The summed E-state index contributed by atoms with van der Waals surface area (Å²) < 4.78 is 10.6. The van der Waals surface area contributed by atoms with Gasteiger partial charge in [-0.1, -0.05) is 12.1 Å². The number of aryl methyl sites for hydroxylation is 1. The van der Waals surface area contributed by atoms with Crippen molar-refractivity contribution in [2.75, 3.05) is 7.11 Å². The molecular formula is C17H14O4. The first-order valence-corrected chi connectivity index (χ1v) is 6.57. The van der Waals surface area contributed by atoms with Crippen LogP contribution in [0.15, 0.2) is 39.5 Å². The van der Waals surface area contributed by atoms with Crippen LogP contribution in [0, 0.1) is 6.92 Å². The second-order valence-electron chi connectivity index (χ2n) is 5.02. The summed E-state index contributed by atoms with van der Waals surface area (Å²) in [6.07, 6.45) is 0. The summed E-state index contributed by atoms with van der Waals surface area (Å²) in [7, 11) is 1.58. The number of ether oxygens (including phenoxy) is 1. The fourth-order valence-corrected chi connectivity index (χ4v) is 2.51. The predicted octanol–water partition coefficient (Wildman–Crippen LogP) is 3.47. The van der Waals surface area contributed by atoms with Gasteiger partial charge in [0.2, 0.25) is 0 Å². The van der Waals surface area contributed by atoms with Gasteiger partial charge in [-0.3, -0.25) is 4.79 Å². The Balaban J connectivity index is 2.46. The molecule has 0 fully saturated rings. The molecule has 1 heterocycles. The minimum atomic E-state index is -0.452. The van der Waals surface area contributed by atoms with Crippen molar-refractivity contribution in [3.8, 4) is 5.75 Å². The van der Waals surface area contributed by atoms with E-state index in [0.717, 1.165) is 16.3 Å². The Labute approximate surface area is 120 Å². The summed E-state index contributed by atoms with van der Waals surface area (Å²) >= 11 is 0. The molecular weight excluding hydrogens is 268 g/mol. The van der Waals surface area contributed by atoms with Crippen molar-refractivity contribution < 1.29 is 13.9 Å². The molecule has 106 valence electrons. The predicted molar refractivity (Wildman–Crippen MR) is 81.3 cm³/mol. The standard InChI is InChI=1S/C17H14O4/c1-9-6-13-12-5-4-11(10(2)18)7-14(12)17(19)21-16(13)8-15(9)20-3/h4-8H,1-3H3. The Morgan fingerprint density at radius 2 is 1.86 bits per heavy atom. The van der Waals surface area contributed by atoms with E-state index in [9.17, 15) is 9.59 Å². The normalized spacial score (nSPS) is 11.0. The van der Waals surface area contributed by atoms with Crippen molar-refractivity contribution in [2.45, 2.75) is 13.8 Å². The van der Waals surface area contributed by atoms with Gasteiger partial charge in [0.25, 0.3) is 0 Å². The van der Waals surface area contributed by atoms with Gasteiger partial charge in [-0.05, 0) is 36.9 Å². The summed E-state index contributed by atoms with van der Waals surface area (Å²) in [5, 5.41) is 2.02. The second-order valence-corrected chi connectivity index (χ2v) is 5.02. The lowest BCUT2D eigenvalue weighted by Gasteiger charge is -2.08. The lowest BCUT2D eigenvalue weighted by atomic mass is 10.0.